The van der Waals surface area contributed by atoms with Gasteiger partial charge in [0.2, 0.25) is 0 Å². The number of ether oxygens (including phenoxy) is 1. The molecule has 0 N–H and O–H groups in total. The Labute approximate surface area is 132 Å². The molecule has 0 bridgehead atoms. The highest BCUT2D eigenvalue weighted by atomic mass is 16.5. The van der Waals surface area contributed by atoms with Crippen LogP contribution >= 0.6 is 0 Å². The van der Waals surface area contributed by atoms with Gasteiger partial charge in [-0.25, -0.2) is 0 Å². The normalized spacial score (nSPS) is 21.9. The van der Waals surface area contributed by atoms with Gasteiger partial charge in [0.25, 0.3) is 0 Å². The molecule has 0 spiro atoms. The van der Waals surface area contributed by atoms with Crippen molar-refractivity contribution in [2.24, 2.45) is 0 Å². The van der Waals surface area contributed by atoms with Crippen LogP contribution in [-0.4, -0.2) is 22.2 Å². The number of rotatable bonds is 2. The molecule has 1 fully saturated rings. The maximum absolute atomic E-state index is 12.4. The first-order valence-corrected chi connectivity index (χ1v) is 7.91. The fourth-order valence-electron chi connectivity index (χ4n) is 3.69. The van der Waals surface area contributed by atoms with Crippen LogP contribution < -0.4 is 4.74 Å². The summed E-state index contributed by atoms with van der Waals surface area (Å²) in [6, 6.07) is 14.5. The lowest BCUT2D eigenvalue weighted by molar-refractivity contribution is -0.296. The zero-order valence-electron chi connectivity index (χ0n) is 13.8. The minimum absolute atomic E-state index is 0.0661. The smallest absolute Gasteiger partial charge is 0.120 e. The van der Waals surface area contributed by atoms with E-state index in [0.717, 1.165) is 18.6 Å². The molecule has 3 heteroatoms. The average Bonchev–Trinajstić information content (AvgIpc) is 2.44. The highest BCUT2D eigenvalue weighted by Gasteiger charge is 2.47. The van der Waals surface area contributed by atoms with E-state index < -0.39 is 11.1 Å². The molecule has 0 aromatic heterocycles. The van der Waals surface area contributed by atoms with Crippen molar-refractivity contribution in [3.63, 3.8) is 0 Å². The Balaban J connectivity index is 1.82. The van der Waals surface area contributed by atoms with Crippen molar-refractivity contribution in [2.75, 3.05) is 0 Å². The number of benzene rings is 2. The molecule has 0 saturated carbocycles. The molecule has 3 nitrogen and oxygen atoms in total. The van der Waals surface area contributed by atoms with Gasteiger partial charge in [-0.2, -0.15) is 0 Å². The van der Waals surface area contributed by atoms with Gasteiger partial charge in [-0.3, -0.25) is 0 Å². The van der Waals surface area contributed by atoms with Gasteiger partial charge >= 0.3 is 0 Å². The molecule has 117 valence electrons. The predicted octanol–water partition coefficient (Wildman–Crippen LogP) is 4.59. The Kier molecular flexibility index (Phi) is 3.66. The largest absolute Gasteiger partial charge is 0.490 e. The van der Waals surface area contributed by atoms with Crippen molar-refractivity contribution in [1.29, 1.82) is 0 Å². The Morgan fingerprint density at radius 3 is 2.18 bits per heavy atom. The molecule has 1 aliphatic rings. The molecule has 1 radical (unpaired) electrons. The molecule has 3 rings (SSSR count). The summed E-state index contributed by atoms with van der Waals surface area (Å²) < 4.78 is 6.22. The topological polar surface area (TPSA) is 32.4 Å². The van der Waals surface area contributed by atoms with Crippen LogP contribution in [0.3, 0.4) is 0 Å². The fourth-order valence-corrected chi connectivity index (χ4v) is 3.69. The molecule has 2 aromatic carbocycles. The van der Waals surface area contributed by atoms with Crippen LogP contribution in [0.25, 0.3) is 10.8 Å². The van der Waals surface area contributed by atoms with Crippen LogP contribution in [0.1, 0.15) is 40.5 Å². The number of hydroxylamine groups is 2. The van der Waals surface area contributed by atoms with Crippen molar-refractivity contribution < 1.29 is 9.94 Å². The van der Waals surface area contributed by atoms with Crippen molar-refractivity contribution >= 4 is 10.8 Å². The minimum atomic E-state index is -0.400. The summed E-state index contributed by atoms with van der Waals surface area (Å²) in [6.07, 6.45) is 1.55. The monoisotopic (exact) mass is 298 g/mol. The summed E-state index contributed by atoms with van der Waals surface area (Å²) in [5.41, 5.74) is -0.799. The van der Waals surface area contributed by atoms with Gasteiger partial charge in [-0.15, -0.1) is 10.3 Å². The maximum Gasteiger partial charge on any atom is 0.120 e. The molecule has 1 aliphatic heterocycles. The summed E-state index contributed by atoms with van der Waals surface area (Å²) in [5, 5.41) is 16.0. The van der Waals surface area contributed by atoms with Crippen LogP contribution in [-0.2, 0) is 5.21 Å². The maximum atomic E-state index is 12.4. The van der Waals surface area contributed by atoms with Crippen LogP contribution in [0.5, 0.6) is 5.75 Å². The lowest BCUT2D eigenvalue weighted by Crippen LogP contribution is -2.60. The van der Waals surface area contributed by atoms with Crippen LogP contribution in [0.4, 0.5) is 0 Å². The summed E-state index contributed by atoms with van der Waals surface area (Å²) in [7, 11) is 0. The van der Waals surface area contributed by atoms with Crippen molar-refractivity contribution in [1.82, 2.24) is 5.06 Å². The number of hydrogen-bond donors (Lipinski definition) is 0. The lowest BCUT2D eigenvalue weighted by atomic mass is 9.80. The minimum Gasteiger partial charge on any atom is -0.490 e. The molecular formula is C19H24NO2. The second kappa shape index (κ2) is 5.25. The van der Waals surface area contributed by atoms with E-state index in [1.54, 1.807) is 0 Å². The van der Waals surface area contributed by atoms with Gasteiger partial charge in [0.15, 0.2) is 0 Å². The van der Waals surface area contributed by atoms with E-state index in [-0.39, 0.29) is 6.10 Å². The SMILES string of the molecule is CC1(C)CC(Oc2ccc3ccccc3c2)CC(C)(C)N1[O]. The van der Waals surface area contributed by atoms with Crippen LogP contribution in [0.15, 0.2) is 42.5 Å². The van der Waals surface area contributed by atoms with Crippen LogP contribution in [0, 0.1) is 0 Å². The number of piperidine rings is 1. The molecule has 0 unspecified atom stereocenters. The Bertz CT molecular complexity index is 660. The number of hydrogen-bond acceptors (Lipinski definition) is 2. The van der Waals surface area contributed by atoms with Gasteiger partial charge in [-0.1, -0.05) is 30.3 Å². The third-order valence-corrected chi connectivity index (χ3v) is 4.58. The second-order valence-electron chi connectivity index (χ2n) is 7.58. The zero-order chi connectivity index (χ0) is 16.0. The van der Waals surface area contributed by atoms with E-state index in [9.17, 15) is 5.21 Å². The van der Waals surface area contributed by atoms with Crippen molar-refractivity contribution in [3.05, 3.63) is 42.5 Å². The van der Waals surface area contributed by atoms with E-state index in [0.29, 0.717) is 0 Å². The summed E-state index contributed by atoms with van der Waals surface area (Å²) >= 11 is 0. The predicted molar refractivity (Wildman–Crippen MR) is 88.3 cm³/mol. The molecule has 1 heterocycles. The van der Waals surface area contributed by atoms with Gasteiger partial charge < -0.3 is 4.74 Å². The third kappa shape index (κ3) is 2.83. The van der Waals surface area contributed by atoms with Gasteiger partial charge in [0, 0.05) is 23.9 Å². The van der Waals surface area contributed by atoms with E-state index in [2.05, 4.69) is 24.3 Å². The first kappa shape index (κ1) is 15.3. The van der Waals surface area contributed by atoms with Crippen molar-refractivity contribution in [3.8, 4) is 5.75 Å². The van der Waals surface area contributed by atoms with E-state index >= 15 is 0 Å². The Morgan fingerprint density at radius 1 is 0.955 bits per heavy atom. The van der Waals surface area contributed by atoms with E-state index in [4.69, 9.17) is 4.74 Å². The molecule has 2 aromatic rings. The summed E-state index contributed by atoms with van der Waals surface area (Å²) in [6.45, 7) is 7.99. The Hall–Kier alpha value is -1.58. The molecule has 0 atom stereocenters. The third-order valence-electron chi connectivity index (χ3n) is 4.58. The first-order valence-electron chi connectivity index (χ1n) is 7.91. The Morgan fingerprint density at radius 2 is 1.55 bits per heavy atom. The molecule has 0 aliphatic carbocycles. The fraction of sp³-hybridized carbons (Fsp3) is 0.474. The molecule has 0 amide bonds. The second-order valence-corrected chi connectivity index (χ2v) is 7.58. The van der Waals surface area contributed by atoms with Gasteiger partial charge in [-0.05, 0) is 50.6 Å². The molecular weight excluding hydrogens is 274 g/mol. The van der Waals surface area contributed by atoms with Gasteiger partial charge in [0.05, 0.1) is 0 Å². The summed E-state index contributed by atoms with van der Waals surface area (Å²) in [4.78, 5) is 0. The van der Waals surface area contributed by atoms with Gasteiger partial charge in [0.1, 0.15) is 11.9 Å². The zero-order valence-corrected chi connectivity index (χ0v) is 13.8. The number of fused-ring (bicyclic) bond motifs is 1. The van der Waals surface area contributed by atoms with E-state index in [1.807, 2.05) is 45.9 Å². The molecule has 22 heavy (non-hydrogen) atoms. The van der Waals surface area contributed by atoms with Crippen molar-refractivity contribution in [2.45, 2.75) is 57.7 Å². The molecule has 1 saturated heterocycles. The average molecular weight is 298 g/mol. The highest BCUT2D eigenvalue weighted by Crippen LogP contribution is 2.38. The lowest BCUT2D eigenvalue weighted by Gasteiger charge is -2.49. The van der Waals surface area contributed by atoms with Crippen LogP contribution in [0.2, 0.25) is 0 Å². The first-order chi connectivity index (χ1) is 10.3. The van der Waals surface area contributed by atoms with E-state index in [1.165, 1.54) is 15.8 Å². The standard InChI is InChI=1S/C19H24NO2/c1-18(2)12-17(13-19(3,4)20(18)21)22-16-10-9-14-7-5-6-8-15(14)11-16/h5-11,17H,12-13H2,1-4H3. The highest BCUT2D eigenvalue weighted by molar-refractivity contribution is 5.83. The quantitative estimate of drug-likeness (QED) is 0.812. The number of nitrogens with zero attached hydrogens (tertiary/aromatic N) is 1. The summed E-state index contributed by atoms with van der Waals surface area (Å²) in [5.74, 6) is 0.884.